The topological polar surface area (TPSA) is 25.2 Å². The summed E-state index contributed by atoms with van der Waals surface area (Å²) in [7, 11) is 0. The Morgan fingerprint density at radius 3 is 2.32 bits per heavy atom. The SMILES string of the molecule is Cc1ccc(C)n1-c1cccc(C(=O)N2CCC(C)CC2)c1. The van der Waals surface area contributed by atoms with Crippen molar-refractivity contribution in [1.29, 1.82) is 0 Å². The van der Waals surface area contributed by atoms with Crippen LogP contribution >= 0.6 is 0 Å². The van der Waals surface area contributed by atoms with Crippen molar-refractivity contribution in [2.45, 2.75) is 33.6 Å². The Balaban J connectivity index is 1.87. The molecule has 0 saturated carbocycles. The summed E-state index contributed by atoms with van der Waals surface area (Å²) in [5, 5.41) is 0. The summed E-state index contributed by atoms with van der Waals surface area (Å²) in [6.07, 6.45) is 2.22. The van der Waals surface area contributed by atoms with Gasteiger partial charge < -0.3 is 9.47 Å². The highest BCUT2D eigenvalue weighted by atomic mass is 16.2. The molecule has 0 atom stereocenters. The highest BCUT2D eigenvalue weighted by Gasteiger charge is 2.21. The van der Waals surface area contributed by atoms with Gasteiger partial charge in [0.05, 0.1) is 0 Å². The summed E-state index contributed by atoms with van der Waals surface area (Å²) in [5.41, 5.74) is 4.23. The van der Waals surface area contributed by atoms with Gasteiger partial charge in [0.2, 0.25) is 0 Å². The number of hydrogen-bond donors (Lipinski definition) is 0. The van der Waals surface area contributed by atoms with Crippen LogP contribution in [-0.2, 0) is 0 Å². The van der Waals surface area contributed by atoms with Crippen molar-refractivity contribution in [3.63, 3.8) is 0 Å². The monoisotopic (exact) mass is 296 g/mol. The first-order chi connectivity index (χ1) is 10.6. The smallest absolute Gasteiger partial charge is 0.253 e. The lowest BCUT2D eigenvalue weighted by Gasteiger charge is -2.30. The van der Waals surface area contributed by atoms with Crippen LogP contribution in [0, 0.1) is 19.8 Å². The molecule has 0 spiro atoms. The summed E-state index contributed by atoms with van der Waals surface area (Å²) in [5.74, 6) is 0.900. The Labute approximate surface area is 132 Å². The lowest BCUT2D eigenvalue weighted by molar-refractivity contribution is 0.0697. The third kappa shape index (κ3) is 2.80. The number of nitrogens with zero attached hydrogens (tertiary/aromatic N) is 2. The maximum absolute atomic E-state index is 12.7. The molecule has 3 nitrogen and oxygen atoms in total. The molecule has 1 aromatic carbocycles. The van der Waals surface area contributed by atoms with Gasteiger partial charge in [0.25, 0.3) is 5.91 Å². The molecule has 0 aliphatic carbocycles. The van der Waals surface area contributed by atoms with Crippen molar-refractivity contribution in [3.05, 3.63) is 53.3 Å². The Morgan fingerprint density at radius 2 is 1.68 bits per heavy atom. The van der Waals surface area contributed by atoms with Crippen LogP contribution in [0.2, 0.25) is 0 Å². The molecule has 1 aliphatic heterocycles. The van der Waals surface area contributed by atoms with Crippen molar-refractivity contribution >= 4 is 5.91 Å². The van der Waals surface area contributed by atoms with Crippen LogP contribution in [0.3, 0.4) is 0 Å². The van der Waals surface area contributed by atoms with Gasteiger partial charge in [-0.1, -0.05) is 13.0 Å². The minimum Gasteiger partial charge on any atom is -0.339 e. The molecule has 2 heterocycles. The van der Waals surface area contributed by atoms with Gasteiger partial charge in [0.15, 0.2) is 0 Å². The molecular weight excluding hydrogens is 272 g/mol. The predicted molar refractivity (Wildman–Crippen MR) is 89.5 cm³/mol. The molecule has 1 aliphatic rings. The van der Waals surface area contributed by atoms with E-state index in [0.717, 1.165) is 43.1 Å². The first-order valence-electron chi connectivity index (χ1n) is 8.11. The molecular formula is C19H24N2O. The van der Waals surface area contributed by atoms with E-state index in [-0.39, 0.29) is 5.91 Å². The molecule has 116 valence electrons. The van der Waals surface area contributed by atoms with E-state index in [4.69, 9.17) is 0 Å². The van der Waals surface area contributed by atoms with Gasteiger partial charge in [-0.15, -0.1) is 0 Å². The maximum Gasteiger partial charge on any atom is 0.253 e. The fraction of sp³-hybridized carbons (Fsp3) is 0.421. The lowest BCUT2D eigenvalue weighted by atomic mass is 9.98. The number of carbonyl (C=O) groups excluding carboxylic acids is 1. The highest BCUT2D eigenvalue weighted by Crippen LogP contribution is 2.21. The van der Waals surface area contributed by atoms with Gasteiger partial charge in [-0.25, -0.2) is 0 Å². The van der Waals surface area contributed by atoms with E-state index >= 15 is 0 Å². The van der Waals surface area contributed by atoms with Gasteiger partial charge >= 0.3 is 0 Å². The molecule has 0 bridgehead atoms. The second-order valence-corrected chi connectivity index (χ2v) is 6.48. The average molecular weight is 296 g/mol. The minimum atomic E-state index is 0.163. The number of carbonyl (C=O) groups is 1. The van der Waals surface area contributed by atoms with E-state index < -0.39 is 0 Å². The molecule has 1 saturated heterocycles. The zero-order valence-corrected chi connectivity index (χ0v) is 13.7. The Hall–Kier alpha value is -2.03. The summed E-state index contributed by atoms with van der Waals surface area (Å²) in [4.78, 5) is 14.7. The standard InChI is InChI=1S/C19H24N2O/c1-14-9-11-20(12-10-14)19(22)17-5-4-6-18(13-17)21-15(2)7-8-16(21)3/h4-8,13-14H,9-12H2,1-3H3. The molecule has 1 amide bonds. The molecule has 3 rings (SSSR count). The van der Waals surface area contributed by atoms with Crippen LogP contribution in [0.1, 0.15) is 41.5 Å². The van der Waals surface area contributed by atoms with Crippen molar-refractivity contribution in [3.8, 4) is 5.69 Å². The molecule has 0 radical (unpaired) electrons. The molecule has 22 heavy (non-hydrogen) atoms. The third-order valence-electron chi connectivity index (χ3n) is 4.69. The van der Waals surface area contributed by atoms with Gasteiger partial charge in [0.1, 0.15) is 0 Å². The van der Waals surface area contributed by atoms with Crippen LogP contribution in [0.25, 0.3) is 5.69 Å². The average Bonchev–Trinajstić information content (AvgIpc) is 2.86. The predicted octanol–water partition coefficient (Wildman–Crippen LogP) is 3.97. The maximum atomic E-state index is 12.7. The molecule has 0 unspecified atom stereocenters. The number of benzene rings is 1. The van der Waals surface area contributed by atoms with Crippen LogP contribution in [-0.4, -0.2) is 28.5 Å². The van der Waals surface area contributed by atoms with E-state index in [9.17, 15) is 4.79 Å². The number of piperidine rings is 1. The van der Waals surface area contributed by atoms with Crippen molar-refractivity contribution in [1.82, 2.24) is 9.47 Å². The van der Waals surface area contributed by atoms with Crippen LogP contribution in [0.5, 0.6) is 0 Å². The van der Waals surface area contributed by atoms with Crippen LogP contribution in [0.4, 0.5) is 0 Å². The zero-order valence-electron chi connectivity index (χ0n) is 13.7. The van der Waals surface area contributed by atoms with E-state index in [1.54, 1.807) is 0 Å². The first kappa shape index (κ1) is 14.9. The largest absolute Gasteiger partial charge is 0.339 e. The van der Waals surface area contributed by atoms with E-state index in [0.29, 0.717) is 0 Å². The van der Waals surface area contributed by atoms with Gasteiger partial charge in [0, 0.05) is 35.7 Å². The summed E-state index contributed by atoms with van der Waals surface area (Å²) in [6.45, 7) is 8.21. The van der Waals surface area contributed by atoms with Gasteiger partial charge in [-0.2, -0.15) is 0 Å². The molecule has 1 fully saturated rings. The minimum absolute atomic E-state index is 0.163. The Morgan fingerprint density at radius 1 is 1.05 bits per heavy atom. The summed E-state index contributed by atoms with van der Waals surface area (Å²) < 4.78 is 2.19. The van der Waals surface area contributed by atoms with Gasteiger partial charge in [-0.05, 0) is 62.9 Å². The number of aromatic nitrogens is 1. The molecule has 0 N–H and O–H groups in total. The van der Waals surface area contributed by atoms with E-state index in [2.05, 4.69) is 43.5 Å². The number of likely N-dealkylation sites (tertiary alicyclic amines) is 1. The fourth-order valence-electron chi connectivity index (χ4n) is 3.25. The lowest BCUT2D eigenvalue weighted by Crippen LogP contribution is -2.37. The Kier molecular flexibility index (Phi) is 4.06. The second kappa shape index (κ2) is 5.99. The zero-order chi connectivity index (χ0) is 15.7. The quantitative estimate of drug-likeness (QED) is 0.823. The third-order valence-corrected chi connectivity index (χ3v) is 4.69. The van der Waals surface area contributed by atoms with Crippen LogP contribution in [0.15, 0.2) is 36.4 Å². The molecule has 2 aromatic rings. The first-order valence-corrected chi connectivity index (χ1v) is 8.11. The van der Waals surface area contributed by atoms with Crippen LogP contribution < -0.4 is 0 Å². The number of rotatable bonds is 2. The normalized spacial score (nSPS) is 16.0. The second-order valence-electron chi connectivity index (χ2n) is 6.48. The highest BCUT2D eigenvalue weighted by molar-refractivity contribution is 5.94. The van der Waals surface area contributed by atoms with Gasteiger partial charge in [-0.3, -0.25) is 4.79 Å². The number of hydrogen-bond acceptors (Lipinski definition) is 1. The van der Waals surface area contributed by atoms with E-state index in [1.807, 2.05) is 23.1 Å². The van der Waals surface area contributed by atoms with Crippen molar-refractivity contribution in [2.75, 3.05) is 13.1 Å². The molecule has 3 heteroatoms. The fourth-order valence-corrected chi connectivity index (χ4v) is 3.25. The van der Waals surface area contributed by atoms with Crippen molar-refractivity contribution in [2.24, 2.45) is 5.92 Å². The van der Waals surface area contributed by atoms with E-state index in [1.165, 1.54) is 11.4 Å². The number of amides is 1. The summed E-state index contributed by atoms with van der Waals surface area (Å²) >= 11 is 0. The van der Waals surface area contributed by atoms with Crippen molar-refractivity contribution < 1.29 is 4.79 Å². The Bertz CT molecular complexity index is 659. The number of aryl methyl sites for hydroxylation is 2. The summed E-state index contributed by atoms with van der Waals surface area (Å²) in [6, 6.07) is 12.2. The molecule has 1 aromatic heterocycles.